The van der Waals surface area contributed by atoms with Crippen LogP contribution in [0.25, 0.3) is 6.08 Å². The second-order valence-corrected chi connectivity index (χ2v) is 9.49. The van der Waals surface area contributed by atoms with Crippen LogP contribution in [0, 0.1) is 13.7 Å². The van der Waals surface area contributed by atoms with Crippen LogP contribution in [0.1, 0.15) is 31.0 Å². The molecule has 174 valence electrons. The van der Waals surface area contributed by atoms with Gasteiger partial charge in [0.05, 0.1) is 33.4 Å². The predicted octanol–water partition coefficient (Wildman–Crippen LogP) is 2.38. The number of allylic oxidation sites excluding steroid dienone is 1. The average Bonchev–Trinajstić information content (AvgIpc) is 3.10. The van der Waals surface area contributed by atoms with E-state index in [2.05, 4.69) is 4.99 Å². The molecular weight excluding hydrogens is 573 g/mol. The van der Waals surface area contributed by atoms with Crippen molar-refractivity contribution in [2.24, 2.45) is 4.99 Å². The van der Waals surface area contributed by atoms with Gasteiger partial charge in [-0.1, -0.05) is 41.7 Å². The summed E-state index contributed by atoms with van der Waals surface area (Å²) in [6.45, 7) is 3.57. The van der Waals surface area contributed by atoms with Crippen LogP contribution in [-0.2, 0) is 9.53 Å². The fourth-order valence-corrected chi connectivity index (χ4v) is 5.39. The number of hydrogen-bond acceptors (Lipinski definition) is 8. The molecule has 1 aliphatic rings. The molecule has 2 heterocycles. The molecule has 0 fully saturated rings. The topological polar surface area (TPSA) is 127 Å². The van der Waals surface area contributed by atoms with Gasteiger partial charge in [0.15, 0.2) is 4.80 Å². The zero-order chi connectivity index (χ0) is 24.6. The van der Waals surface area contributed by atoms with Crippen molar-refractivity contribution in [3.8, 4) is 5.75 Å². The van der Waals surface area contributed by atoms with E-state index < -0.39 is 33.9 Å². The van der Waals surface area contributed by atoms with Gasteiger partial charge in [0.2, 0.25) is 0 Å². The van der Waals surface area contributed by atoms with E-state index in [0.717, 1.165) is 17.4 Å². The number of benzene rings is 2. The lowest BCUT2D eigenvalue weighted by Crippen LogP contribution is -2.39. The SMILES string of the molecule is CCOC(=O)C1=C(C)N=c2s/c(=C\c3cc(I)c([O-])c([N+](=O)[O-])c3)c(=O)n2[C@H]1c1ccccc1. The van der Waals surface area contributed by atoms with Crippen molar-refractivity contribution in [3.63, 3.8) is 0 Å². The van der Waals surface area contributed by atoms with E-state index >= 15 is 0 Å². The molecule has 0 unspecified atom stereocenters. The highest BCUT2D eigenvalue weighted by Gasteiger charge is 2.33. The first-order valence-corrected chi connectivity index (χ1v) is 12.0. The highest BCUT2D eigenvalue weighted by atomic mass is 127. The smallest absolute Gasteiger partial charge is 0.338 e. The number of ether oxygens (including phenoxy) is 1. The van der Waals surface area contributed by atoms with Crippen LogP contribution in [0.5, 0.6) is 5.75 Å². The fraction of sp³-hybridized carbons (Fsp3) is 0.174. The Hall–Kier alpha value is -3.32. The summed E-state index contributed by atoms with van der Waals surface area (Å²) >= 11 is 2.84. The first kappa shape index (κ1) is 23.8. The average molecular weight is 590 g/mol. The van der Waals surface area contributed by atoms with Crippen LogP contribution in [0.4, 0.5) is 5.69 Å². The maximum absolute atomic E-state index is 13.5. The first-order valence-electron chi connectivity index (χ1n) is 10.1. The molecule has 11 heteroatoms. The number of hydrogen-bond donors (Lipinski definition) is 0. The molecule has 2 aromatic carbocycles. The zero-order valence-electron chi connectivity index (χ0n) is 18.0. The number of esters is 1. The molecule has 3 aromatic rings. The first-order chi connectivity index (χ1) is 16.2. The molecule has 0 aliphatic carbocycles. The Morgan fingerprint density at radius 3 is 2.68 bits per heavy atom. The Kier molecular flexibility index (Phi) is 6.66. The number of thiazole rings is 1. The minimum absolute atomic E-state index is 0.174. The van der Waals surface area contributed by atoms with Gasteiger partial charge in [-0.3, -0.25) is 19.5 Å². The maximum atomic E-state index is 13.5. The summed E-state index contributed by atoms with van der Waals surface area (Å²) in [7, 11) is 0. The number of carbonyl (C=O) groups excluding carboxylic acids is 1. The lowest BCUT2D eigenvalue weighted by molar-refractivity contribution is -0.398. The highest BCUT2D eigenvalue weighted by Crippen LogP contribution is 2.31. The standard InChI is InChI=1S/C23H18IN3O6S/c1-3-33-22(30)18-12(2)25-23-26(19(18)14-7-5-4-6-8-14)21(29)17(34-23)11-13-9-15(24)20(28)16(10-13)27(31)32/h4-11,19,28H,3H2,1-2H3/p-1/b17-11-/t19-/m0/s1. The van der Waals surface area contributed by atoms with Crippen LogP contribution in [-0.4, -0.2) is 22.1 Å². The van der Waals surface area contributed by atoms with Crippen molar-refractivity contribution in [1.82, 2.24) is 4.57 Å². The Balaban J connectivity index is 1.96. The lowest BCUT2D eigenvalue weighted by Gasteiger charge is -2.24. The molecule has 1 aromatic heterocycles. The number of nitro groups is 1. The van der Waals surface area contributed by atoms with Gasteiger partial charge in [-0.25, -0.2) is 9.79 Å². The number of carbonyl (C=O) groups is 1. The van der Waals surface area contributed by atoms with E-state index in [9.17, 15) is 24.8 Å². The van der Waals surface area contributed by atoms with Crippen molar-refractivity contribution < 1.29 is 19.6 Å². The molecule has 4 rings (SSSR count). The Labute approximate surface area is 210 Å². The summed E-state index contributed by atoms with van der Waals surface area (Å²) in [5, 5.41) is 23.3. The van der Waals surface area contributed by atoms with E-state index in [1.807, 2.05) is 30.3 Å². The Morgan fingerprint density at radius 1 is 1.32 bits per heavy atom. The third kappa shape index (κ3) is 4.28. The second-order valence-electron chi connectivity index (χ2n) is 7.32. The molecule has 0 bridgehead atoms. The minimum Gasteiger partial charge on any atom is -0.867 e. The third-order valence-electron chi connectivity index (χ3n) is 5.17. The molecule has 9 nitrogen and oxygen atoms in total. The van der Waals surface area contributed by atoms with Gasteiger partial charge in [-0.15, -0.1) is 0 Å². The van der Waals surface area contributed by atoms with Gasteiger partial charge in [-0.2, -0.15) is 0 Å². The molecule has 0 radical (unpaired) electrons. The quantitative estimate of drug-likeness (QED) is 0.195. The van der Waals surface area contributed by atoms with E-state index in [1.54, 1.807) is 36.4 Å². The van der Waals surface area contributed by atoms with E-state index in [1.165, 1.54) is 16.7 Å². The van der Waals surface area contributed by atoms with Crippen molar-refractivity contribution in [2.45, 2.75) is 19.9 Å². The molecule has 0 amide bonds. The Bertz CT molecular complexity index is 1520. The normalized spacial score (nSPS) is 15.6. The minimum atomic E-state index is -0.742. The summed E-state index contributed by atoms with van der Waals surface area (Å²) in [6.07, 6.45) is 1.49. The van der Waals surface area contributed by atoms with Gasteiger partial charge < -0.3 is 9.84 Å². The summed E-state index contributed by atoms with van der Waals surface area (Å²) in [5.74, 6) is -1.23. The fourth-order valence-electron chi connectivity index (χ4n) is 3.71. The van der Waals surface area contributed by atoms with E-state index in [0.29, 0.717) is 21.6 Å². The van der Waals surface area contributed by atoms with Crippen molar-refractivity contribution in [3.05, 3.63) is 98.2 Å². The van der Waals surface area contributed by atoms with Crippen LogP contribution < -0.4 is 20.0 Å². The van der Waals surface area contributed by atoms with Crippen LogP contribution >= 0.6 is 33.9 Å². The third-order valence-corrected chi connectivity index (χ3v) is 6.96. The number of nitrogens with zero attached hydrogens (tertiary/aromatic N) is 3. The number of halogens is 1. The maximum Gasteiger partial charge on any atom is 0.338 e. The zero-order valence-corrected chi connectivity index (χ0v) is 21.0. The molecule has 1 atom stereocenters. The van der Waals surface area contributed by atoms with Crippen molar-refractivity contribution >= 4 is 51.7 Å². The molecule has 1 aliphatic heterocycles. The van der Waals surface area contributed by atoms with Gasteiger partial charge in [0, 0.05) is 9.64 Å². The van der Waals surface area contributed by atoms with Crippen LogP contribution in [0.15, 0.2) is 63.5 Å². The summed E-state index contributed by atoms with van der Waals surface area (Å²) in [4.78, 5) is 41.7. The monoisotopic (exact) mass is 590 g/mol. The molecule has 0 spiro atoms. The van der Waals surface area contributed by atoms with Gasteiger partial charge in [0.25, 0.3) is 11.2 Å². The summed E-state index contributed by atoms with van der Waals surface area (Å²) in [6, 6.07) is 11.0. The molecule has 0 saturated heterocycles. The molecular formula is C23H17IN3O6S-. The largest absolute Gasteiger partial charge is 0.867 e. The van der Waals surface area contributed by atoms with Crippen LogP contribution in [0.2, 0.25) is 0 Å². The van der Waals surface area contributed by atoms with Gasteiger partial charge >= 0.3 is 5.97 Å². The van der Waals surface area contributed by atoms with Crippen LogP contribution in [0.3, 0.4) is 0 Å². The van der Waals surface area contributed by atoms with Gasteiger partial charge in [-0.05, 0) is 65.5 Å². The molecule has 0 N–H and O–H groups in total. The molecule has 34 heavy (non-hydrogen) atoms. The summed E-state index contributed by atoms with van der Waals surface area (Å²) < 4.78 is 7.13. The lowest BCUT2D eigenvalue weighted by atomic mass is 9.96. The van der Waals surface area contributed by atoms with E-state index in [-0.39, 0.29) is 20.3 Å². The number of aromatic nitrogens is 1. The number of fused-ring (bicyclic) bond motifs is 1. The predicted molar refractivity (Wildman–Crippen MR) is 132 cm³/mol. The molecule has 0 saturated carbocycles. The Morgan fingerprint density at radius 2 is 2.03 bits per heavy atom. The number of rotatable bonds is 5. The van der Waals surface area contributed by atoms with E-state index in [4.69, 9.17) is 4.74 Å². The van der Waals surface area contributed by atoms with Crippen molar-refractivity contribution in [2.75, 3.05) is 6.61 Å². The van der Waals surface area contributed by atoms with Crippen molar-refractivity contribution in [1.29, 1.82) is 0 Å². The van der Waals surface area contributed by atoms with Gasteiger partial charge in [0.1, 0.15) is 0 Å². The number of nitro benzene ring substituents is 1. The summed E-state index contributed by atoms with van der Waals surface area (Å²) in [5.41, 5.74) is 0.810. The second kappa shape index (κ2) is 9.50. The highest BCUT2D eigenvalue weighted by molar-refractivity contribution is 14.1.